The third-order valence-corrected chi connectivity index (χ3v) is 5.69. The van der Waals surface area contributed by atoms with Gasteiger partial charge in [0.15, 0.2) is 5.69 Å². The maximum Gasteiger partial charge on any atom is 0.393 e. The summed E-state index contributed by atoms with van der Waals surface area (Å²) in [5, 5.41) is 0. The number of fused-ring (bicyclic) bond motifs is 1. The SMILES string of the molecule is CN(C(=O)c1nc(C2CC2)n2ccccc12)[C@H]1CCCC[C@H]1C(F)(F)F. The van der Waals surface area contributed by atoms with E-state index < -0.39 is 24.0 Å². The summed E-state index contributed by atoms with van der Waals surface area (Å²) in [6.45, 7) is 0. The second kappa shape index (κ2) is 6.28. The van der Waals surface area contributed by atoms with E-state index in [1.165, 1.54) is 11.9 Å². The summed E-state index contributed by atoms with van der Waals surface area (Å²) in [4.78, 5) is 18.9. The van der Waals surface area contributed by atoms with E-state index in [1.54, 1.807) is 0 Å². The molecule has 2 fully saturated rings. The van der Waals surface area contributed by atoms with Crippen LogP contribution in [0.3, 0.4) is 0 Å². The van der Waals surface area contributed by atoms with Gasteiger partial charge in [0.05, 0.1) is 11.4 Å². The zero-order valence-electron chi connectivity index (χ0n) is 14.7. The molecule has 2 atom stereocenters. The molecule has 1 amide bonds. The summed E-state index contributed by atoms with van der Waals surface area (Å²) in [6, 6.07) is 4.69. The minimum atomic E-state index is -4.28. The number of hydrogen-bond acceptors (Lipinski definition) is 2. The number of nitrogens with zero attached hydrogens (tertiary/aromatic N) is 3. The van der Waals surface area contributed by atoms with Crippen molar-refractivity contribution in [1.29, 1.82) is 0 Å². The Morgan fingerprint density at radius 2 is 1.92 bits per heavy atom. The van der Waals surface area contributed by atoms with Gasteiger partial charge in [-0.25, -0.2) is 4.98 Å². The number of amides is 1. The van der Waals surface area contributed by atoms with Crippen LogP contribution in [0, 0.1) is 5.92 Å². The Hall–Kier alpha value is -2.05. The zero-order chi connectivity index (χ0) is 18.5. The number of rotatable bonds is 3. The fourth-order valence-electron chi connectivity index (χ4n) is 4.12. The van der Waals surface area contributed by atoms with E-state index in [0.717, 1.165) is 18.7 Å². The van der Waals surface area contributed by atoms with Gasteiger partial charge < -0.3 is 9.30 Å². The summed E-state index contributed by atoms with van der Waals surface area (Å²) < 4.78 is 42.2. The van der Waals surface area contributed by atoms with Gasteiger partial charge >= 0.3 is 6.18 Å². The standard InChI is InChI=1S/C19H22F3N3O/c1-24(14-7-3-2-6-13(14)19(20,21)22)18(26)16-15-8-4-5-11-25(15)17(23-16)12-9-10-12/h4-5,8,11-14H,2-3,6-7,9-10H2,1H3/t13-,14+/m1/s1. The van der Waals surface area contributed by atoms with Gasteiger partial charge in [-0.3, -0.25) is 4.79 Å². The highest BCUT2D eigenvalue weighted by Crippen LogP contribution is 2.42. The van der Waals surface area contributed by atoms with Crippen molar-refractivity contribution < 1.29 is 18.0 Å². The molecule has 2 aromatic rings. The number of halogens is 3. The van der Waals surface area contributed by atoms with Crippen LogP contribution in [0.15, 0.2) is 24.4 Å². The summed E-state index contributed by atoms with van der Waals surface area (Å²) >= 11 is 0. The Bertz CT molecular complexity index is 825. The van der Waals surface area contributed by atoms with E-state index in [4.69, 9.17) is 0 Å². The molecule has 140 valence electrons. The van der Waals surface area contributed by atoms with Crippen molar-refractivity contribution in [1.82, 2.24) is 14.3 Å². The molecule has 2 heterocycles. The Morgan fingerprint density at radius 3 is 2.62 bits per heavy atom. The second-order valence-corrected chi connectivity index (χ2v) is 7.46. The number of carbonyl (C=O) groups excluding carboxylic acids is 1. The molecule has 2 aromatic heterocycles. The average molecular weight is 365 g/mol. The molecule has 4 rings (SSSR count). The van der Waals surface area contributed by atoms with E-state index in [0.29, 0.717) is 30.7 Å². The Morgan fingerprint density at radius 1 is 1.19 bits per heavy atom. The molecule has 2 saturated carbocycles. The third kappa shape index (κ3) is 2.97. The lowest BCUT2D eigenvalue weighted by molar-refractivity contribution is -0.195. The van der Waals surface area contributed by atoms with Gasteiger partial charge in [-0.1, -0.05) is 18.9 Å². The number of alkyl halides is 3. The summed E-state index contributed by atoms with van der Waals surface area (Å²) in [5.41, 5.74) is 0.937. The fourth-order valence-corrected chi connectivity index (χ4v) is 4.12. The van der Waals surface area contributed by atoms with Crippen LogP contribution < -0.4 is 0 Å². The van der Waals surface area contributed by atoms with E-state index in [-0.39, 0.29) is 12.1 Å². The molecule has 26 heavy (non-hydrogen) atoms. The molecule has 2 aliphatic rings. The smallest absolute Gasteiger partial charge is 0.337 e. The van der Waals surface area contributed by atoms with Crippen LogP contribution >= 0.6 is 0 Å². The van der Waals surface area contributed by atoms with Gasteiger partial charge in [0.1, 0.15) is 5.82 Å². The number of hydrogen-bond donors (Lipinski definition) is 0. The molecular weight excluding hydrogens is 343 g/mol. The zero-order valence-corrected chi connectivity index (χ0v) is 14.7. The molecule has 0 aliphatic heterocycles. The quantitative estimate of drug-likeness (QED) is 0.808. The van der Waals surface area contributed by atoms with Crippen molar-refractivity contribution >= 4 is 11.4 Å². The van der Waals surface area contributed by atoms with Crippen molar-refractivity contribution in [3.63, 3.8) is 0 Å². The maximum atomic E-state index is 13.4. The van der Waals surface area contributed by atoms with Gasteiger partial charge in [-0.15, -0.1) is 0 Å². The van der Waals surface area contributed by atoms with E-state index in [2.05, 4.69) is 4.98 Å². The molecule has 2 aliphatic carbocycles. The molecule has 0 N–H and O–H groups in total. The Kier molecular flexibility index (Phi) is 4.20. The van der Waals surface area contributed by atoms with Crippen LogP contribution in [0.2, 0.25) is 0 Å². The lowest BCUT2D eigenvalue weighted by Crippen LogP contribution is -2.48. The van der Waals surface area contributed by atoms with Crippen molar-refractivity contribution in [2.75, 3.05) is 7.05 Å². The average Bonchev–Trinajstić information content (AvgIpc) is 3.40. The topological polar surface area (TPSA) is 37.6 Å². The minimum Gasteiger partial charge on any atom is -0.337 e. The van der Waals surface area contributed by atoms with Crippen LogP contribution in [0.5, 0.6) is 0 Å². The Balaban J connectivity index is 1.68. The van der Waals surface area contributed by atoms with Gasteiger partial charge in [0, 0.05) is 25.2 Å². The van der Waals surface area contributed by atoms with Crippen LogP contribution in [-0.4, -0.2) is 39.5 Å². The first-order valence-electron chi connectivity index (χ1n) is 9.19. The first-order valence-corrected chi connectivity index (χ1v) is 9.19. The highest BCUT2D eigenvalue weighted by Gasteiger charge is 2.48. The lowest BCUT2D eigenvalue weighted by Gasteiger charge is -2.38. The fraction of sp³-hybridized carbons (Fsp3) is 0.579. The number of aromatic nitrogens is 2. The predicted molar refractivity (Wildman–Crippen MR) is 91.1 cm³/mol. The normalized spacial score (nSPS) is 24.0. The monoisotopic (exact) mass is 365 g/mol. The first-order chi connectivity index (χ1) is 12.4. The van der Waals surface area contributed by atoms with Gasteiger partial charge in [0.2, 0.25) is 0 Å². The van der Waals surface area contributed by atoms with Crippen LogP contribution in [0.4, 0.5) is 13.2 Å². The summed E-state index contributed by atoms with van der Waals surface area (Å²) in [7, 11) is 1.49. The molecule has 4 nitrogen and oxygen atoms in total. The van der Waals surface area contributed by atoms with Crippen molar-refractivity contribution in [3.05, 3.63) is 35.9 Å². The molecule has 0 bridgehead atoms. The maximum absolute atomic E-state index is 13.4. The van der Waals surface area contributed by atoms with E-state index >= 15 is 0 Å². The minimum absolute atomic E-state index is 0.0864. The highest BCUT2D eigenvalue weighted by molar-refractivity contribution is 5.99. The molecule has 7 heteroatoms. The van der Waals surface area contributed by atoms with Crippen molar-refractivity contribution in [2.45, 2.75) is 56.7 Å². The van der Waals surface area contributed by atoms with Crippen molar-refractivity contribution in [3.8, 4) is 0 Å². The van der Waals surface area contributed by atoms with E-state index in [1.807, 2.05) is 28.8 Å². The van der Waals surface area contributed by atoms with Gasteiger partial charge in [-0.05, 0) is 37.8 Å². The number of imidazole rings is 1. The van der Waals surface area contributed by atoms with Crippen LogP contribution in [0.1, 0.15) is 60.8 Å². The molecule has 0 aromatic carbocycles. The largest absolute Gasteiger partial charge is 0.393 e. The molecule has 0 saturated heterocycles. The second-order valence-electron chi connectivity index (χ2n) is 7.46. The van der Waals surface area contributed by atoms with E-state index in [9.17, 15) is 18.0 Å². The van der Waals surface area contributed by atoms with Crippen LogP contribution in [-0.2, 0) is 0 Å². The molecular formula is C19H22F3N3O. The lowest BCUT2D eigenvalue weighted by atomic mass is 9.83. The third-order valence-electron chi connectivity index (χ3n) is 5.69. The van der Waals surface area contributed by atoms with Crippen LogP contribution in [0.25, 0.3) is 5.52 Å². The molecule has 0 radical (unpaired) electrons. The summed E-state index contributed by atoms with van der Waals surface area (Å²) in [6.07, 6.45) is 1.40. The molecule has 0 unspecified atom stereocenters. The highest BCUT2D eigenvalue weighted by atomic mass is 19.4. The molecule has 0 spiro atoms. The van der Waals surface area contributed by atoms with Gasteiger partial charge in [0.25, 0.3) is 5.91 Å². The Labute approximate surface area is 150 Å². The predicted octanol–water partition coefficient (Wildman–Crippen LogP) is 4.40. The first kappa shape index (κ1) is 17.4. The number of pyridine rings is 1. The summed E-state index contributed by atoms with van der Waals surface area (Å²) in [5.74, 6) is -0.688. The van der Waals surface area contributed by atoms with Crippen molar-refractivity contribution in [2.24, 2.45) is 5.92 Å². The number of carbonyl (C=O) groups is 1. The van der Waals surface area contributed by atoms with Gasteiger partial charge in [-0.2, -0.15) is 13.2 Å².